The van der Waals surface area contributed by atoms with Gasteiger partial charge in [-0.3, -0.25) is 4.98 Å². The molecular weight excluding hydrogens is 244 g/mol. The molecule has 1 rings (SSSR count). The van der Waals surface area contributed by atoms with Crippen molar-refractivity contribution in [2.75, 3.05) is 26.9 Å². The molecule has 0 spiro atoms. The maximum Gasteiger partial charge on any atom is 0.176 e. The van der Waals surface area contributed by atoms with Gasteiger partial charge in [-0.1, -0.05) is 0 Å². The monoisotopic (exact) mass is 268 g/mol. The van der Waals surface area contributed by atoms with Gasteiger partial charge in [0, 0.05) is 19.4 Å². The first-order valence-electron chi connectivity index (χ1n) is 6.74. The molecular formula is C14H24N2O3. The van der Waals surface area contributed by atoms with Crippen LogP contribution in [0.25, 0.3) is 0 Å². The number of nitrogens with zero attached hydrogens (tertiary/aromatic N) is 1. The minimum Gasteiger partial charge on any atom is -0.492 e. The molecule has 108 valence electrons. The smallest absolute Gasteiger partial charge is 0.176 e. The molecule has 5 nitrogen and oxygen atoms in total. The molecule has 1 aromatic heterocycles. The Labute approximate surface area is 115 Å². The van der Waals surface area contributed by atoms with Crippen LogP contribution in [-0.2, 0) is 9.47 Å². The van der Waals surface area contributed by atoms with Crippen molar-refractivity contribution < 1.29 is 14.2 Å². The van der Waals surface area contributed by atoms with Crippen molar-refractivity contribution in [1.29, 1.82) is 0 Å². The van der Waals surface area contributed by atoms with E-state index >= 15 is 0 Å². The molecule has 0 aliphatic heterocycles. The first-order chi connectivity index (χ1) is 9.26. The Balaban J connectivity index is 2.89. The molecule has 0 saturated carbocycles. The second-order valence-corrected chi connectivity index (χ2v) is 3.93. The molecule has 0 aromatic carbocycles. The molecule has 5 heteroatoms. The number of aromatic nitrogens is 1. The van der Waals surface area contributed by atoms with E-state index < -0.39 is 0 Å². The van der Waals surface area contributed by atoms with Gasteiger partial charge in [0.1, 0.15) is 5.75 Å². The zero-order chi connectivity index (χ0) is 14.1. The zero-order valence-corrected chi connectivity index (χ0v) is 12.2. The van der Waals surface area contributed by atoms with Crippen molar-refractivity contribution in [3.05, 3.63) is 24.0 Å². The zero-order valence-electron chi connectivity index (χ0n) is 12.2. The van der Waals surface area contributed by atoms with Crippen LogP contribution in [-0.4, -0.2) is 38.1 Å². The Kier molecular flexibility index (Phi) is 7.40. The SMILES string of the molecule is CCOc1cncc(C(NC)C(OCC)OCC)c1. The van der Waals surface area contributed by atoms with Crippen LogP contribution in [0, 0.1) is 0 Å². The lowest BCUT2D eigenvalue weighted by Gasteiger charge is -2.26. The van der Waals surface area contributed by atoms with Crippen LogP contribution < -0.4 is 10.1 Å². The number of ether oxygens (including phenoxy) is 3. The maximum absolute atomic E-state index is 5.64. The number of hydrogen-bond donors (Lipinski definition) is 1. The summed E-state index contributed by atoms with van der Waals surface area (Å²) in [4.78, 5) is 4.20. The van der Waals surface area contributed by atoms with Crippen molar-refractivity contribution >= 4 is 0 Å². The third kappa shape index (κ3) is 4.78. The number of hydrogen-bond acceptors (Lipinski definition) is 5. The Morgan fingerprint density at radius 1 is 1.11 bits per heavy atom. The molecule has 0 amide bonds. The molecule has 0 aliphatic carbocycles. The van der Waals surface area contributed by atoms with Crippen LogP contribution in [0.5, 0.6) is 5.75 Å². The standard InChI is InChI=1S/C14H24N2O3/c1-5-17-12-8-11(9-16-10-12)13(15-4)14(18-6-2)19-7-3/h8-10,13-15H,5-7H2,1-4H3. The van der Waals surface area contributed by atoms with Gasteiger partial charge in [0.25, 0.3) is 0 Å². The number of nitrogens with one attached hydrogen (secondary N) is 1. The third-order valence-electron chi connectivity index (χ3n) is 2.65. The molecule has 1 aromatic rings. The largest absolute Gasteiger partial charge is 0.492 e. The van der Waals surface area contributed by atoms with Crippen molar-refractivity contribution in [2.24, 2.45) is 0 Å². The van der Waals surface area contributed by atoms with E-state index in [-0.39, 0.29) is 12.3 Å². The van der Waals surface area contributed by atoms with Gasteiger partial charge in [-0.2, -0.15) is 0 Å². The molecule has 0 saturated heterocycles. The van der Waals surface area contributed by atoms with Gasteiger partial charge in [-0.25, -0.2) is 0 Å². The fourth-order valence-corrected chi connectivity index (χ4v) is 1.88. The highest BCUT2D eigenvalue weighted by Gasteiger charge is 2.23. The molecule has 1 N–H and O–H groups in total. The highest BCUT2D eigenvalue weighted by molar-refractivity contribution is 5.26. The lowest BCUT2D eigenvalue weighted by atomic mass is 10.1. The summed E-state index contributed by atoms with van der Waals surface area (Å²) in [5, 5.41) is 3.21. The fraction of sp³-hybridized carbons (Fsp3) is 0.643. The van der Waals surface area contributed by atoms with Gasteiger partial charge in [0.2, 0.25) is 0 Å². The van der Waals surface area contributed by atoms with E-state index in [4.69, 9.17) is 14.2 Å². The highest BCUT2D eigenvalue weighted by Crippen LogP contribution is 2.23. The van der Waals surface area contributed by atoms with Crippen molar-refractivity contribution in [3.63, 3.8) is 0 Å². The number of rotatable bonds is 9. The van der Waals surface area contributed by atoms with E-state index in [1.54, 1.807) is 12.4 Å². The van der Waals surface area contributed by atoms with Crippen molar-refractivity contribution in [1.82, 2.24) is 10.3 Å². The lowest BCUT2D eigenvalue weighted by Crippen LogP contribution is -2.34. The minimum absolute atomic E-state index is 0.0761. The van der Waals surface area contributed by atoms with Crippen LogP contribution >= 0.6 is 0 Å². The van der Waals surface area contributed by atoms with E-state index in [2.05, 4.69) is 10.3 Å². The fourth-order valence-electron chi connectivity index (χ4n) is 1.88. The summed E-state index contributed by atoms with van der Waals surface area (Å²) in [6, 6.07) is 1.88. The predicted molar refractivity (Wildman–Crippen MR) is 74.2 cm³/mol. The summed E-state index contributed by atoms with van der Waals surface area (Å²) in [6.45, 7) is 7.67. The normalized spacial score (nSPS) is 12.7. The van der Waals surface area contributed by atoms with Gasteiger partial charge in [-0.05, 0) is 39.4 Å². The molecule has 1 heterocycles. The van der Waals surface area contributed by atoms with Gasteiger partial charge in [0.15, 0.2) is 6.29 Å². The van der Waals surface area contributed by atoms with E-state index in [0.29, 0.717) is 19.8 Å². The quantitative estimate of drug-likeness (QED) is 0.695. The Bertz CT molecular complexity index is 354. The van der Waals surface area contributed by atoms with Gasteiger partial charge in [0.05, 0.1) is 18.8 Å². The van der Waals surface area contributed by atoms with E-state index in [1.165, 1.54) is 0 Å². The third-order valence-corrected chi connectivity index (χ3v) is 2.65. The average Bonchev–Trinajstić information content (AvgIpc) is 2.41. The summed E-state index contributed by atoms with van der Waals surface area (Å²) in [7, 11) is 1.88. The van der Waals surface area contributed by atoms with Crippen LogP contribution in [0.4, 0.5) is 0 Å². The van der Waals surface area contributed by atoms with Gasteiger partial charge >= 0.3 is 0 Å². The van der Waals surface area contributed by atoms with E-state index in [1.807, 2.05) is 33.9 Å². The second kappa shape index (κ2) is 8.85. The minimum atomic E-state index is -0.335. The Morgan fingerprint density at radius 3 is 2.32 bits per heavy atom. The van der Waals surface area contributed by atoms with Crippen LogP contribution in [0.2, 0.25) is 0 Å². The van der Waals surface area contributed by atoms with Crippen molar-refractivity contribution in [3.8, 4) is 5.75 Å². The summed E-state index contributed by atoms with van der Waals surface area (Å²) in [5.74, 6) is 0.756. The molecule has 0 radical (unpaired) electrons. The number of pyridine rings is 1. The average molecular weight is 268 g/mol. The van der Waals surface area contributed by atoms with Gasteiger partial charge in [-0.15, -0.1) is 0 Å². The highest BCUT2D eigenvalue weighted by atomic mass is 16.7. The Morgan fingerprint density at radius 2 is 1.79 bits per heavy atom. The summed E-state index contributed by atoms with van der Waals surface area (Å²) >= 11 is 0. The van der Waals surface area contributed by atoms with Crippen molar-refractivity contribution in [2.45, 2.75) is 33.1 Å². The molecule has 0 fully saturated rings. The Hall–Kier alpha value is -1.17. The first-order valence-corrected chi connectivity index (χ1v) is 6.74. The molecule has 1 unspecified atom stereocenters. The number of likely N-dealkylation sites (N-methyl/N-ethyl adjacent to an activating group) is 1. The molecule has 0 aliphatic rings. The summed E-state index contributed by atoms with van der Waals surface area (Å²) < 4.78 is 16.7. The van der Waals surface area contributed by atoms with Crippen LogP contribution in [0.3, 0.4) is 0 Å². The maximum atomic E-state index is 5.64. The molecule has 19 heavy (non-hydrogen) atoms. The lowest BCUT2D eigenvalue weighted by molar-refractivity contribution is -0.154. The second-order valence-electron chi connectivity index (χ2n) is 3.93. The van der Waals surface area contributed by atoms with Crippen LogP contribution in [0.1, 0.15) is 32.4 Å². The van der Waals surface area contributed by atoms with Crippen LogP contribution in [0.15, 0.2) is 18.5 Å². The van der Waals surface area contributed by atoms with Gasteiger partial charge < -0.3 is 19.5 Å². The molecule has 0 bridgehead atoms. The first kappa shape index (κ1) is 15.9. The van der Waals surface area contributed by atoms with E-state index in [9.17, 15) is 0 Å². The van der Waals surface area contributed by atoms with E-state index in [0.717, 1.165) is 11.3 Å². The summed E-state index contributed by atoms with van der Waals surface area (Å²) in [5.41, 5.74) is 0.986. The predicted octanol–water partition coefficient (Wildman–Crippen LogP) is 2.14. The summed E-state index contributed by atoms with van der Waals surface area (Å²) in [6.07, 6.45) is 3.17. The molecule has 1 atom stereocenters. The topological polar surface area (TPSA) is 52.6 Å².